The first kappa shape index (κ1) is 25.4. The zero-order valence-corrected chi connectivity index (χ0v) is 19.9. The number of hydrogen-bond acceptors (Lipinski definition) is 4. The molecule has 2 rings (SSSR count). The molecule has 0 aliphatic rings. The Labute approximate surface area is 192 Å². The maximum absolute atomic E-state index is 13.2. The Balaban J connectivity index is 2.21. The van der Waals surface area contributed by atoms with E-state index in [0.29, 0.717) is 12.5 Å². The highest BCUT2D eigenvalue weighted by atomic mass is 16.5. The van der Waals surface area contributed by atoms with Gasteiger partial charge in [-0.2, -0.15) is 5.26 Å². The van der Waals surface area contributed by atoms with Crippen LogP contribution < -0.4 is 10.1 Å². The lowest BCUT2D eigenvalue weighted by Crippen LogP contribution is -2.45. The van der Waals surface area contributed by atoms with Gasteiger partial charge in [-0.1, -0.05) is 62.7 Å². The van der Waals surface area contributed by atoms with E-state index in [9.17, 15) is 10.1 Å². The molecule has 0 aliphatic carbocycles. The van der Waals surface area contributed by atoms with E-state index in [-0.39, 0.29) is 12.3 Å². The molecular formula is C27H36N2O3. The smallest absolute Gasteiger partial charge is 0.229 e. The van der Waals surface area contributed by atoms with Crippen molar-refractivity contribution in [2.24, 2.45) is 5.92 Å². The Morgan fingerprint density at radius 3 is 2.31 bits per heavy atom. The molecule has 1 unspecified atom stereocenters. The monoisotopic (exact) mass is 436 g/mol. The van der Waals surface area contributed by atoms with E-state index in [0.717, 1.165) is 29.7 Å². The number of nitriles is 1. The molecule has 0 saturated heterocycles. The Bertz CT molecular complexity index is 872. The second-order valence-electron chi connectivity index (χ2n) is 8.85. The van der Waals surface area contributed by atoms with Crippen LogP contribution in [-0.4, -0.2) is 25.2 Å². The van der Waals surface area contributed by atoms with Gasteiger partial charge in [0.1, 0.15) is 5.75 Å². The largest absolute Gasteiger partial charge is 0.493 e. The van der Waals surface area contributed by atoms with Crippen molar-refractivity contribution in [3.63, 3.8) is 0 Å². The van der Waals surface area contributed by atoms with Crippen molar-refractivity contribution < 1.29 is 14.3 Å². The molecule has 172 valence electrons. The zero-order valence-electron chi connectivity index (χ0n) is 19.9. The molecule has 1 amide bonds. The SMILES string of the molecule is CCCC(C)COc1ccc([C@@H](NC(=O)[C@@H](CC#N)c2ccccc2)C(C)(C)OC)cc1. The van der Waals surface area contributed by atoms with Crippen LogP contribution in [-0.2, 0) is 9.53 Å². The molecule has 0 saturated carbocycles. The predicted octanol–water partition coefficient (Wildman–Crippen LogP) is 5.78. The summed E-state index contributed by atoms with van der Waals surface area (Å²) in [5, 5.41) is 12.4. The van der Waals surface area contributed by atoms with Gasteiger partial charge < -0.3 is 14.8 Å². The van der Waals surface area contributed by atoms with Gasteiger partial charge in [0.2, 0.25) is 5.91 Å². The Morgan fingerprint density at radius 2 is 1.75 bits per heavy atom. The second-order valence-corrected chi connectivity index (χ2v) is 8.85. The third kappa shape index (κ3) is 7.10. The van der Waals surface area contributed by atoms with Gasteiger partial charge in [-0.15, -0.1) is 0 Å². The predicted molar refractivity (Wildman–Crippen MR) is 127 cm³/mol. The van der Waals surface area contributed by atoms with Gasteiger partial charge in [-0.3, -0.25) is 4.79 Å². The maximum Gasteiger partial charge on any atom is 0.229 e. The van der Waals surface area contributed by atoms with Gasteiger partial charge in [0.05, 0.1) is 36.7 Å². The molecule has 0 aromatic heterocycles. The molecule has 0 heterocycles. The number of nitrogens with zero attached hydrogens (tertiary/aromatic N) is 1. The van der Waals surface area contributed by atoms with Crippen molar-refractivity contribution in [2.45, 2.75) is 64.5 Å². The summed E-state index contributed by atoms with van der Waals surface area (Å²) in [5.74, 6) is 0.582. The molecular weight excluding hydrogens is 400 g/mol. The molecule has 0 bridgehead atoms. The minimum atomic E-state index is -0.651. The van der Waals surface area contributed by atoms with Crippen molar-refractivity contribution in [1.29, 1.82) is 5.26 Å². The lowest BCUT2D eigenvalue weighted by atomic mass is 9.89. The zero-order chi connectivity index (χ0) is 23.6. The normalized spacial score (nSPS) is 14.1. The van der Waals surface area contributed by atoms with E-state index in [1.54, 1.807) is 7.11 Å². The van der Waals surface area contributed by atoms with Gasteiger partial charge >= 0.3 is 0 Å². The highest BCUT2D eigenvalue weighted by Gasteiger charge is 2.34. The number of nitrogens with one attached hydrogen (secondary N) is 1. The Hall–Kier alpha value is -2.84. The molecule has 32 heavy (non-hydrogen) atoms. The average molecular weight is 437 g/mol. The lowest BCUT2D eigenvalue weighted by molar-refractivity contribution is -0.125. The third-order valence-corrected chi connectivity index (χ3v) is 5.85. The molecule has 2 aromatic rings. The molecule has 0 fully saturated rings. The van der Waals surface area contributed by atoms with Crippen LogP contribution in [0.4, 0.5) is 0 Å². The Kier molecular flexibility index (Phi) is 9.74. The van der Waals surface area contributed by atoms with Crippen molar-refractivity contribution >= 4 is 5.91 Å². The van der Waals surface area contributed by atoms with Crippen LogP contribution in [0, 0.1) is 17.2 Å². The third-order valence-electron chi connectivity index (χ3n) is 5.85. The molecule has 3 atom stereocenters. The minimum Gasteiger partial charge on any atom is -0.493 e. The number of ether oxygens (including phenoxy) is 2. The van der Waals surface area contributed by atoms with Crippen LogP contribution in [0.2, 0.25) is 0 Å². The number of benzene rings is 2. The molecule has 2 aromatic carbocycles. The van der Waals surface area contributed by atoms with E-state index in [1.807, 2.05) is 68.4 Å². The maximum atomic E-state index is 13.2. The number of methoxy groups -OCH3 is 1. The summed E-state index contributed by atoms with van der Waals surface area (Å²) in [7, 11) is 1.63. The molecule has 1 N–H and O–H groups in total. The topological polar surface area (TPSA) is 71.3 Å². The van der Waals surface area contributed by atoms with Gasteiger partial charge in [-0.25, -0.2) is 0 Å². The van der Waals surface area contributed by atoms with Crippen LogP contribution in [0.5, 0.6) is 5.75 Å². The van der Waals surface area contributed by atoms with Crippen LogP contribution in [0.25, 0.3) is 0 Å². The number of carbonyl (C=O) groups is 1. The van der Waals surface area contributed by atoms with Crippen molar-refractivity contribution in [3.8, 4) is 11.8 Å². The van der Waals surface area contributed by atoms with Crippen molar-refractivity contribution in [2.75, 3.05) is 13.7 Å². The molecule has 5 heteroatoms. The van der Waals surface area contributed by atoms with Crippen LogP contribution >= 0.6 is 0 Å². The summed E-state index contributed by atoms with van der Waals surface area (Å²) in [4.78, 5) is 13.2. The van der Waals surface area contributed by atoms with Crippen LogP contribution in [0.3, 0.4) is 0 Å². The number of rotatable bonds is 12. The molecule has 5 nitrogen and oxygen atoms in total. The van der Waals surface area contributed by atoms with Crippen LogP contribution in [0.15, 0.2) is 54.6 Å². The van der Waals surface area contributed by atoms with E-state index in [2.05, 4.69) is 25.2 Å². The van der Waals surface area contributed by atoms with Crippen molar-refractivity contribution in [1.82, 2.24) is 5.32 Å². The fourth-order valence-electron chi connectivity index (χ4n) is 3.73. The quantitative estimate of drug-likeness (QED) is 0.458. The van der Waals surface area contributed by atoms with Crippen LogP contribution in [0.1, 0.15) is 70.0 Å². The van der Waals surface area contributed by atoms with Gasteiger partial charge in [-0.05, 0) is 49.4 Å². The number of hydrogen-bond donors (Lipinski definition) is 1. The highest BCUT2D eigenvalue weighted by molar-refractivity contribution is 5.84. The summed E-state index contributed by atoms with van der Waals surface area (Å²) < 4.78 is 11.6. The molecule has 0 spiro atoms. The fourth-order valence-corrected chi connectivity index (χ4v) is 3.73. The summed E-state index contributed by atoms with van der Waals surface area (Å²) >= 11 is 0. The fraction of sp³-hybridized carbons (Fsp3) is 0.481. The second kappa shape index (κ2) is 12.3. The van der Waals surface area contributed by atoms with Gasteiger partial charge in [0, 0.05) is 7.11 Å². The average Bonchev–Trinajstić information content (AvgIpc) is 2.80. The van der Waals surface area contributed by atoms with E-state index in [1.165, 1.54) is 0 Å². The minimum absolute atomic E-state index is 0.110. The molecule has 0 radical (unpaired) electrons. The van der Waals surface area contributed by atoms with E-state index >= 15 is 0 Å². The lowest BCUT2D eigenvalue weighted by Gasteiger charge is -2.35. The standard InChI is InChI=1S/C27H36N2O3/c1-6-10-20(2)19-32-23-15-13-22(14-16-23)25(27(3,4)31-5)29-26(30)24(17-18-28)21-11-8-7-9-12-21/h7-9,11-16,20,24-25H,6,10,17,19H2,1-5H3,(H,29,30)/t20?,24-,25+/m0/s1. The first-order chi connectivity index (χ1) is 15.3. The summed E-state index contributed by atoms with van der Waals surface area (Å²) in [6, 6.07) is 19.0. The van der Waals surface area contributed by atoms with Crippen molar-refractivity contribution in [3.05, 3.63) is 65.7 Å². The number of carbonyl (C=O) groups excluding carboxylic acids is 1. The van der Waals surface area contributed by atoms with Gasteiger partial charge in [0.15, 0.2) is 0 Å². The Morgan fingerprint density at radius 1 is 1.09 bits per heavy atom. The first-order valence-corrected chi connectivity index (χ1v) is 11.3. The summed E-state index contributed by atoms with van der Waals surface area (Å²) in [6.07, 6.45) is 2.39. The number of amides is 1. The summed E-state index contributed by atoms with van der Waals surface area (Å²) in [5.41, 5.74) is 1.09. The van der Waals surface area contributed by atoms with E-state index < -0.39 is 17.6 Å². The first-order valence-electron chi connectivity index (χ1n) is 11.3. The van der Waals surface area contributed by atoms with E-state index in [4.69, 9.17) is 9.47 Å². The molecule has 0 aliphatic heterocycles. The highest BCUT2D eigenvalue weighted by Crippen LogP contribution is 2.31. The van der Waals surface area contributed by atoms with Gasteiger partial charge in [0.25, 0.3) is 0 Å². The summed E-state index contributed by atoms with van der Waals surface area (Å²) in [6.45, 7) is 8.93.